The zero-order chi connectivity index (χ0) is 17.2. The van der Waals surface area contributed by atoms with Crippen LogP contribution in [0.1, 0.15) is 51.9 Å². The summed E-state index contributed by atoms with van der Waals surface area (Å²) >= 11 is 0. The van der Waals surface area contributed by atoms with Crippen molar-refractivity contribution in [1.29, 1.82) is 0 Å². The summed E-state index contributed by atoms with van der Waals surface area (Å²) in [6.45, 7) is 2.07. The maximum Gasteiger partial charge on any atom is 0.303 e. The van der Waals surface area contributed by atoms with Gasteiger partial charge in [-0.05, 0) is 38.5 Å². The van der Waals surface area contributed by atoms with Gasteiger partial charge >= 0.3 is 5.97 Å². The molecule has 1 atom stereocenters. The van der Waals surface area contributed by atoms with Crippen LogP contribution in [0.25, 0.3) is 0 Å². The molecule has 0 aromatic carbocycles. The van der Waals surface area contributed by atoms with Crippen molar-refractivity contribution in [3.8, 4) is 0 Å². The average molecular weight is 318 g/mol. The number of aliphatic carboxylic acids is 1. The topological polar surface area (TPSA) is 57.5 Å². The number of unbranched alkanes of at least 4 members (excludes halogenated alkanes) is 2. The minimum atomic E-state index is -0.723. The van der Waals surface area contributed by atoms with Crippen LogP contribution in [-0.4, -0.2) is 22.3 Å². The third-order valence-corrected chi connectivity index (χ3v) is 3.03. The first kappa shape index (κ1) is 21.1. The lowest BCUT2D eigenvalue weighted by Gasteiger charge is -1.98. The summed E-state index contributed by atoms with van der Waals surface area (Å²) < 4.78 is 0. The Kier molecular flexibility index (Phi) is 15.2. The molecule has 0 unspecified atom stereocenters. The predicted molar refractivity (Wildman–Crippen MR) is 97.3 cm³/mol. The number of aliphatic hydroxyl groups excluding tert-OH is 1. The van der Waals surface area contributed by atoms with E-state index in [4.69, 9.17) is 5.11 Å². The van der Waals surface area contributed by atoms with Crippen LogP contribution in [0, 0.1) is 0 Å². The average Bonchev–Trinajstić information content (AvgIpc) is 2.51. The molecule has 0 rings (SSSR count). The van der Waals surface area contributed by atoms with Gasteiger partial charge in [0, 0.05) is 6.42 Å². The summed E-state index contributed by atoms with van der Waals surface area (Å²) in [6, 6.07) is 0. The highest BCUT2D eigenvalue weighted by Crippen LogP contribution is 2.01. The van der Waals surface area contributed by atoms with Crippen molar-refractivity contribution in [3.05, 3.63) is 60.8 Å². The maximum absolute atomic E-state index is 10.3. The zero-order valence-electron chi connectivity index (χ0n) is 14.1. The standard InChI is InChI=1S/C20H30O3/c1-2-3-13-16-19(21)17-14-11-9-7-5-4-6-8-10-12-15-18-20(22)23/h3-6,8-9,11,13-14,17,19,21H,2,7,10,12,15-16,18H2,1H3,(H,22,23)/b5-4-,8-6+,11-9-,13-3-,17-14+/t19-/m0/s1. The summed E-state index contributed by atoms with van der Waals surface area (Å²) in [7, 11) is 0. The summed E-state index contributed by atoms with van der Waals surface area (Å²) in [6.07, 6.45) is 24.7. The normalized spacial score (nSPS) is 14.2. The van der Waals surface area contributed by atoms with Crippen LogP contribution in [0.15, 0.2) is 60.8 Å². The summed E-state index contributed by atoms with van der Waals surface area (Å²) in [5.41, 5.74) is 0. The molecule has 3 nitrogen and oxygen atoms in total. The highest BCUT2D eigenvalue weighted by molar-refractivity contribution is 5.66. The SMILES string of the molecule is CC/C=C\C[C@H](O)/C=C/C=C\C/C=C\C=C\CCCCC(=O)O. The minimum absolute atomic E-state index is 0.256. The molecule has 3 heteroatoms. The smallest absolute Gasteiger partial charge is 0.303 e. The quantitative estimate of drug-likeness (QED) is 0.286. The molecule has 128 valence electrons. The van der Waals surface area contributed by atoms with Crippen LogP contribution in [0.3, 0.4) is 0 Å². The van der Waals surface area contributed by atoms with Crippen molar-refractivity contribution in [2.24, 2.45) is 0 Å². The molecular weight excluding hydrogens is 288 g/mol. The number of hydrogen-bond acceptors (Lipinski definition) is 2. The Hall–Kier alpha value is -1.87. The second kappa shape index (κ2) is 16.5. The van der Waals surface area contributed by atoms with Gasteiger partial charge in [-0.3, -0.25) is 4.79 Å². The zero-order valence-corrected chi connectivity index (χ0v) is 14.1. The third kappa shape index (κ3) is 18.1. The molecular formula is C20H30O3. The molecule has 0 aliphatic heterocycles. The van der Waals surface area contributed by atoms with Crippen molar-refractivity contribution in [1.82, 2.24) is 0 Å². The highest BCUT2D eigenvalue weighted by atomic mass is 16.4. The van der Waals surface area contributed by atoms with Gasteiger partial charge in [0.1, 0.15) is 0 Å². The van der Waals surface area contributed by atoms with E-state index in [1.165, 1.54) is 0 Å². The summed E-state index contributed by atoms with van der Waals surface area (Å²) in [5.74, 6) is -0.723. The van der Waals surface area contributed by atoms with Crippen LogP contribution >= 0.6 is 0 Å². The largest absolute Gasteiger partial charge is 0.481 e. The number of carbonyl (C=O) groups is 1. The second-order valence-corrected chi connectivity index (χ2v) is 5.23. The maximum atomic E-state index is 10.3. The Bertz CT molecular complexity index is 428. The number of allylic oxidation sites excluding steroid dienone is 8. The first-order chi connectivity index (χ1) is 11.2. The van der Waals surface area contributed by atoms with Gasteiger partial charge < -0.3 is 10.2 Å². The van der Waals surface area contributed by atoms with Crippen molar-refractivity contribution in [2.45, 2.75) is 58.0 Å². The van der Waals surface area contributed by atoms with Crippen molar-refractivity contribution in [2.75, 3.05) is 0 Å². The molecule has 0 aromatic heterocycles. The van der Waals surface area contributed by atoms with Gasteiger partial charge in [0.05, 0.1) is 6.10 Å². The van der Waals surface area contributed by atoms with E-state index in [0.29, 0.717) is 6.42 Å². The lowest BCUT2D eigenvalue weighted by Crippen LogP contribution is -1.98. The Morgan fingerprint density at radius 2 is 1.65 bits per heavy atom. The van der Waals surface area contributed by atoms with Gasteiger partial charge in [-0.25, -0.2) is 0 Å². The van der Waals surface area contributed by atoms with Crippen LogP contribution in [0.2, 0.25) is 0 Å². The summed E-state index contributed by atoms with van der Waals surface area (Å²) in [5, 5.41) is 18.1. The molecule has 0 saturated carbocycles. The van der Waals surface area contributed by atoms with E-state index < -0.39 is 12.1 Å². The first-order valence-electron chi connectivity index (χ1n) is 8.36. The molecule has 0 radical (unpaired) electrons. The van der Waals surface area contributed by atoms with Gasteiger partial charge in [0.25, 0.3) is 0 Å². The van der Waals surface area contributed by atoms with Crippen LogP contribution in [-0.2, 0) is 4.79 Å². The molecule has 0 aliphatic rings. The van der Waals surface area contributed by atoms with Crippen LogP contribution in [0.5, 0.6) is 0 Å². The number of hydrogen-bond donors (Lipinski definition) is 2. The Morgan fingerprint density at radius 1 is 0.957 bits per heavy atom. The third-order valence-electron chi connectivity index (χ3n) is 3.03. The fourth-order valence-electron chi connectivity index (χ4n) is 1.78. The van der Waals surface area contributed by atoms with E-state index in [2.05, 4.69) is 25.2 Å². The highest BCUT2D eigenvalue weighted by Gasteiger charge is 1.94. The Labute approximate surface area is 140 Å². The molecule has 0 amide bonds. The molecule has 0 aliphatic carbocycles. The second-order valence-electron chi connectivity index (χ2n) is 5.23. The molecule has 0 fully saturated rings. The number of carboxylic acids is 1. The molecule has 0 saturated heterocycles. The lowest BCUT2D eigenvalue weighted by molar-refractivity contribution is -0.137. The van der Waals surface area contributed by atoms with E-state index in [1.54, 1.807) is 6.08 Å². The van der Waals surface area contributed by atoms with Crippen molar-refractivity contribution >= 4 is 5.97 Å². The van der Waals surface area contributed by atoms with E-state index >= 15 is 0 Å². The van der Waals surface area contributed by atoms with Crippen molar-refractivity contribution < 1.29 is 15.0 Å². The van der Waals surface area contributed by atoms with Crippen LogP contribution < -0.4 is 0 Å². The monoisotopic (exact) mass is 318 g/mol. The molecule has 0 bridgehead atoms. The Balaban J connectivity index is 3.64. The summed E-state index contributed by atoms with van der Waals surface area (Å²) in [4.78, 5) is 10.3. The molecule has 0 aromatic rings. The van der Waals surface area contributed by atoms with E-state index in [0.717, 1.165) is 32.1 Å². The van der Waals surface area contributed by atoms with E-state index in [1.807, 2.05) is 36.5 Å². The van der Waals surface area contributed by atoms with Gasteiger partial charge in [-0.1, -0.05) is 67.7 Å². The Morgan fingerprint density at radius 3 is 2.35 bits per heavy atom. The predicted octanol–water partition coefficient (Wildman–Crippen LogP) is 4.96. The number of aliphatic hydroxyl groups is 1. The van der Waals surface area contributed by atoms with E-state index in [9.17, 15) is 9.90 Å². The lowest BCUT2D eigenvalue weighted by atomic mass is 10.2. The van der Waals surface area contributed by atoms with E-state index in [-0.39, 0.29) is 6.42 Å². The first-order valence-corrected chi connectivity index (χ1v) is 8.36. The van der Waals surface area contributed by atoms with Gasteiger partial charge in [-0.2, -0.15) is 0 Å². The molecule has 23 heavy (non-hydrogen) atoms. The molecule has 2 N–H and O–H groups in total. The molecule has 0 heterocycles. The van der Waals surface area contributed by atoms with Gasteiger partial charge in [0.2, 0.25) is 0 Å². The van der Waals surface area contributed by atoms with Crippen molar-refractivity contribution in [3.63, 3.8) is 0 Å². The molecule has 0 spiro atoms. The van der Waals surface area contributed by atoms with Crippen LogP contribution in [0.4, 0.5) is 0 Å². The van der Waals surface area contributed by atoms with Gasteiger partial charge in [-0.15, -0.1) is 0 Å². The minimum Gasteiger partial charge on any atom is -0.481 e. The number of carboxylic acid groups (broad SMARTS) is 1. The van der Waals surface area contributed by atoms with Gasteiger partial charge in [0.15, 0.2) is 0 Å². The number of rotatable bonds is 13. The fraction of sp³-hybridized carbons (Fsp3) is 0.450. The fourth-order valence-corrected chi connectivity index (χ4v) is 1.78.